The number of halogens is 2. The van der Waals surface area contributed by atoms with Gasteiger partial charge in [0, 0.05) is 31.8 Å². The van der Waals surface area contributed by atoms with Crippen LogP contribution in [0.1, 0.15) is 18.4 Å². The lowest BCUT2D eigenvalue weighted by atomic mass is 10.2. The van der Waals surface area contributed by atoms with Crippen LogP contribution in [0.15, 0.2) is 24.3 Å². The first kappa shape index (κ1) is 18.2. The van der Waals surface area contributed by atoms with Gasteiger partial charge in [-0.2, -0.15) is 0 Å². The second kappa shape index (κ2) is 9.26. The molecule has 1 N–H and O–H groups in total. The highest BCUT2D eigenvalue weighted by atomic mass is 35.5. The lowest BCUT2D eigenvalue weighted by Gasteiger charge is -2.19. The third kappa shape index (κ3) is 5.83. The molecule has 1 aliphatic heterocycles. The number of nitrogens with one attached hydrogen (secondary N) is 1. The van der Waals surface area contributed by atoms with Gasteiger partial charge in [-0.1, -0.05) is 29.8 Å². The van der Waals surface area contributed by atoms with E-state index >= 15 is 0 Å². The monoisotopic (exact) mass is 332 g/mol. The van der Waals surface area contributed by atoms with Gasteiger partial charge in [-0.15, -0.1) is 12.4 Å². The number of likely N-dealkylation sites (N-methyl/N-ethyl adjacent to an activating group) is 1. The van der Waals surface area contributed by atoms with E-state index in [0.29, 0.717) is 18.1 Å². The first-order valence-electron chi connectivity index (χ1n) is 6.96. The number of carbonyl (C=O) groups is 1. The van der Waals surface area contributed by atoms with E-state index in [1.807, 2.05) is 24.3 Å². The summed E-state index contributed by atoms with van der Waals surface area (Å²) in [5.41, 5.74) is 0.962. The standard InChI is InChI=1S/C15H21ClN2O2.ClH/c1-18(11-12-5-2-3-7-14(12)16)15(19)10-17-9-13-6-4-8-20-13;/h2-3,5,7,13,17H,4,6,8-11H2,1H3;1H. The molecular formula is C15H22Cl2N2O2. The maximum atomic E-state index is 12.0. The zero-order valence-electron chi connectivity index (χ0n) is 12.2. The molecule has 0 saturated carbocycles. The summed E-state index contributed by atoms with van der Waals surface area (Å²) in [7, 11) is 1.79. The van der Waals surface area contributed by atoms with Gasteiger partial charge in [0.25, 0.3) is 0 Å². The van der Waals surface area contributed by atoms with Gasteiger partial charge in [0.15, 0.2) is 0 Å². The highest BCUT2D eigenvalue weighted by Gasteiger charge is 2.16. The summed E-state index contributed by atoms with van der Waals surface area (Å²) in [6, 6.07) is 7.59. The Morgan fingerprint density at radius 1 is 1.48 bits per heavy atom. The van der Waals surface area contributed by atoms with Crippen molar-refractivity contribution in [1.29, 1.82) is 0 Å². The Labute approximate surface area is 137 Å². The van der Waals surface area contributed by atoms with Gasteiger partial charge in [0.2, 0.25) is 5.91 Å². The molecule has 1 saturated heterocycles. The highest BCUT2D eigenvalue weighted by Crippen LogP contribution is 2.16. The fraction of sp³-hybridized carbons (Fsp3) is 0.533. The Kier molecular flexibility index (Phi) is 8.04. The summed E-state index contributed by atoms with van der Waals surface area (Å²) in [5, 5.41) is 3.85. The van der Waals surface area contributed by atoms with Crippen molar-refractivity contribution in [2.75, 3.05) is 26.7 Å². The number of carbonyl (C=O) groups excluding carboxylic acids is 1. The van der Waals surface area contributed by atoms with Crippen LogP contribution in [0.25, 0.3) is 0 Å². The van der Waals surface area contributed by atoms with E-state index in [4.69, 9.17) is 16.3 Å². The van der Waals surface area contributed by atoms with Gasteiger partial charge in [0.05, 0.1) is 12.6 Å². The van der Waals surface area contributed by atoms with E-state index in [9.17, 15) is 4.79 Å². The minimum absolute atomic E-state index is 0. The third-order valence-electron chi connectivity index (χ3n) is 3.46. The van der Waals surface area contributed by atoms with E-state index in [2.05, 4.69) is 5.32 Å². The van der Waals surface area contributed by atoms with Crippen molar-refractivity contribution < 1.29 is 9.53 Å². The number of amides is 1. The number of nitrogens with zero attached hydrogens (tertiary/aromatic N) is 1. The van der Waals surface area contributed by atoms with Crippen LogP contribution in [0.3, 0.4) is 0 Å². The predicted molar refractivity (Wildman–Crippen MR) is 87.0 cm³/mol. The maximum absolute atomic E-state index is 12.0. The van der Waals surface area contributed by atoms with Crippen molar-refractivity contribution in [2.24, 2.45) is 0 Å². The van der Waals surface area contributed by atoms with Crippen molar-refractivity contribution in [1.82, 2.24) is 10.2 Å². The van der Waals surface area contributed by atoms with Gasteiger partial charge >= 0.3 is 0 Å². The average molecular weight is 333 g/mol. The van der Waals surface area contributed by atoms with Crippen molar-refractivity contribution in [3.63, 3.8) is 0 Å². The topological polar surface area (TPSA) is 41.6 Å². The minimum atomic E-state index is 0. The largest absolute Gasteiger partial charge is 0.377 e. The molecule has 21 heavy (non-hydrogen) atoms. The molecule has 0 bridgehead atoms. The van der Waals surface area contributed by atoms with E-state index in [1.165, 1.54) is 0 Å². The zero-order valence-corrected chi connectivity index (χ0v) is 13.8. The van der Waals surface area contributed by atoms with Crippen molar-refractivity contribution in [3.8, 4) is 0 Å². The number of rotatable bonds is 6. The molecule has 4 nitrogen and oxygen atoms in total. The summed E-state index contributed by atoms with van der Waals surface area (Å²) in [6.45, 7) is 2.44. The van der Waals surface area contributed by atoms with Gasteiger partial charge in [-0.25, -0.2) is 0 Å². The van der Waals surface area contributed by atoms with Crippen molar-refractivity contribution >= 4 is 29.9 Å². The van der Waals surface area contributed by atoms with E-state index in [1.54, 1.807) is 11.9 Å². The molecule has 2 rings (SSSR count). The van der Waals surface area contributed by atoms with Crippen LogP contribution in [0.5, 0.6) is 0 Å². The second-order valence-corrected chi connectivity index (χ2v) is 5.51. The molecule has 0 spiro atoms. The number of hydrogen-bond acceptors (Lipinski definition) is 3. The Balaban J connectivity index is 0.00000220. The summed E-state index contributed by atoms with van der Waals surface area (Å²) >= 11 is 6.09. The summed E-state index contributed by atoms with van der Waals surface area (Å²) in [5.74, 6) is 0.0583. The molecule has 1 aromatic carbocycles. The number of ether oxygens (including phenoxy) is 1. The molecule has 1 unspecified atom stereocenters. The van der Waals surface area contributed by atoms with E-state index in [-0.39, 0.29) is 24.4 Å². The average Bonchev–Trinajstić information content (AvgIpc) is 2.94. The predicted octanol–water partition coefficient (Wildman–Crippen LogP) is 2.49. The fourth-order valence-electron chi connectivity index (χ4n) is 2.25. The molecule has 0 aliphatic carbocycles. The van der Waals surface area contributed by atoms with Crippen LogP contribution in [-0.4, -0.2) is 43.7 Å². The SMILES string of the molecule is CN(Cc1ccccc1Cl)C(=O)CNCC1CCCO1.Cl. The van der Waals surface area contributed by atoms with Gasteiger partial charge in [-0.05, 0) is 24.5 Å². The minimum Gasteiger partial charge on any atom is -0.377 e. The molecule has 1 atom stereocenters. The van der Waals surface area contributed by atoms with E-state index < -0.39 is 0 Å². The first-order valence-corrected chi connectivity index (χ1v) is 7.34. The fourth-order valence-corrected chi connectivity index (χ4v) is 2.45. The van der Waals surface area contributed by atoms with Gasteiger partial charge < -0.3 is 15.0 Å². The Morgan fingerprint density at radius 2 is 2.24 bits per heavy atom. The molecule has 1 heterocycles. The lowest BCUT2D eigenvalue weighted by Crippen LogP contribution is -2.38. The highest BCUT2D eigenvalue weighted by molar-refractivity contribution is 6.31. The molecule has 0 radical (unpaired) electrons. The smallest absolute Gasteiger partial charge is 0.236 e. The molecular weight excluding hydrogens is 311 g/mol. The van der Waals surface area contributed by atoms with Crippen LogP contribution in [0.4, 0.5) is 0 Å². The quantitative estimate of drug-likeness (QED) is 0.870. The Morgan fingerprint density at radius 3 is 2.90 bits per heavy atom. The molecule has 1 aliphatic rings. The third-order valence-corrected chi connectivity index (χ3v) is 3.83. The summed E-state index contributed by atoms with van der Waals surface area (Å²) < 4.78 is 5.50. The molecule has 6 heteroatoms. The maximum Gasteiger partial charge on any atom is 0.236 e. The van der Waals surface area contributed by atoms with Crippen molar-refractivity contribution in [2.45, 2.75) is 25.5 Å². The van der Waals surface area contributed by atoms with Crippen molar-refractivity contribution in [3.05, 3.63) is 34.9 Å². The van der Waals surface area contributed by atoms with Crippen LogP contribution in [-0.2, 0) is 16.1 Å². The number of hydrogen-bond donors (Lipinski definition) is 1. The molecule has 118 valence electrons. The lowest BCUT2D eigenvalue weighted by molar-refractivity contribution is -0.129. The first-order chi connectivity index (χ1) is 9.66. The van der Waals surface area contributed by atoms with Crippen LogP contribution in [0, 0.1) is 0 Å². The second-order valence-electron chi connectivity index (χ2n) is 5.11. The van der Waals surface area contributed by atoms with Gasteiger partial charge in [0.1, 0.15) is 0 Å². The van der Waals surface area contributed by atoms with Crippen LogP contribution in [0.2, 0.25) is 5.02 Å². The molecule has 1 aromatic rings. The molecule has 1 fully saturated rings. The summed E-state index contributed by atoms with van der Waals surface area (Å²) in [6.07, 6.45) is 2.46. The van der Waals surface area contributed by atoms with Gasteiger partial charge in [-0.3, -0.25) is 4.79 Å². The molecule has 0 aromatic heterocycles. The van der Waals surface area contributed by atoms with Crippen LogP contribution < -0.4 is 5.32 Å². The van der Waals surface area contributed by atoms with E-state index in [0.717, 1.165) is 31.6 Å². The Hall–Kier alpha value is -0.810. The molecule has 1 amide bonds. The summed E-state index contributed by atoms with van der Waals surface area (Å²) in [4.78, 5) is 13.7. The van der Waals surface area contributed by atoms with Crippen LogP contribution >= 0.6 is 24.0 Å². The number of benzene rings is 1. The zero-order chi connectivity index (χ0) is 14.4. The normalized spacial score (nSPS) is 17.3. The Bertz CT molecular complexity index is 451.